The van der Waals surface area contributed by atoms with Gasteiger partial charge in [-0.25, -0.2) is 9.50 Å². The Bertz CT molecular complexity index is 519. The van der Waals surface area contributed by atoms with E-state index >= 15 is 0 Å². The quantitative estimate of drug-likeness (QED) is 0.726. The number of hydrogen-bond donors (Lipinski definition) is 0. The fourth-order valence-electron chi connectivity index (χ4n) is 1.45. The van der Waals surface area contributed by atoms with E-state index < -0.39 is 0 Å². The number of carbonyl (C=O) groups excluding carboxylic acids is 1. The number of nitrogens with zero attached hydrogens (tertiary/aromatic N) is 3. The van der Waals surface area contributed by atoms with Crippen molar-refractivity contribution < 1.29 is 9.53 Å². The van der Waals surface area contributed by atoms with Gasteiger partial charge in [-0.05, 0) is 24.6 Å². The molecule has 0 bridgehead atoms. The Labute approximate surface area is 93.1 Å². The molecule has 0 saturated carbocycles. The van der Waals surface area contributed by atoms with Gasteiger partial charge in [-0.1, -0.05) is 0 Å². The van der Waals surface area contributed by atoms with Gasteiger partial charge in [-0.3, -0.25) is 4.79 Å². The van der Waals surface area contributed by atoms with Gasteiger partial charge in [-0.2, -0.15) is 5.10 Å². The van der Waals surface area contributed by atoms with Crippen LogP contribution < -0.4 is 0 Å². The van der Waals surface area contributed by atoms with Gasteiger partial charge >= 0.3 is 5.97 Å². The molecule has 16 heavy (non-hydrogen) atoms. The number of rotatable bonds is 3. The van der Waals surface area contributed by atoms with Crippen LogP contribution in [-0.2, 0) is 16.0 Å². The smallest absolute Gasteiger partial charge is 0.305 e. The number of methoxy groups -OCH3 is 1. The molecule has 0 fully saturated rings. The Hall–Kier alpha value is -1.91. The molecule has 0 unspecified atom stereocenters. The lowest BCUT2D eigenvalue weighted by Gasteiger charge is -1.94. The van der Waals surface area contributed by atoms with Crippen molar-refractivity contribution in [3.05, 3.63) is 29.7 Å². The van der Waals surface area contributed by atoms with Gasteiger partial charge in [0.05, 0.1) is 13.5 Å². The predicted octanol–water partition coefficient (Wildman–Crippen LogP) is 1.14. The van der Waals surface area contributed by atoms with Crippen molar-refractivity contribution in [2.75, 3.05) is 7.11 Å². The summed E-state index contributed by atoms with van der Waals surface area (Å²) in [5, 5.41) is 4.26. The van der Waals surface area contributed by atoms with Gasteiger partial charge < -0.3 is 4.74 Å². The van der Waals surface area contributed by atoms with E-state index in [0.29, 0.717) is 18.7 Å². The van der Waals surface area contributed by atoms with Crippen LogP contribution in [0.15, 0.2) is 18.3 Å². The highest BCUT2D eigenvalue weighted by Gasteiger charge is 2.06. The second-order valence-electron chi connectivity index (χ2n) is 3.61. The number of aryl methyl sites for hydroxylation is 2. The first-order valence-corrected chi connectivity index (χ1v) is 5.08. The zero-order valence-corrected chi connectivity index (χ0v) is 9.30. The van der Waals surface area contributed by atoms with Crippen molar-refractivity contribution in [2.24, 2.45) is 0 Å². The molecule has 2 rings (SSSR count). The number of hydrogen-bond acceptors (Lipinski definition) is 4. The standard InChI is InChI=1S/C11H13N3O2/c1-8-5-6-14-10(7-8)12-9(13-14)3-4-11(15)16-2/h5-7H,3-4H2,1-2H3. The van der Waals surface area contributed by atoms with Crippen LogP contribution in [0.2, 0.25) is 0 Å². The highest BCUT2D eigenvalue weighted by atomic mass is 16.5. The summed E-state index contributed by atoms with van der Waals surface area (Å²) in [4.78, 5) is 15.3. The van der Waals surface area contributed by atoms with E-state index in [2.05, 4.69) is 14.8 Å². The van der Waals surface area contributed by atoms with Crippen LogP contribution >= 0.6 is 0 Å². The molecule has 0 spiro atoms. The molecule has 84 valence electrons. The Balaban J connectivity index is 2.16. The van der Waals surface area contributed by atoms with Crippen LogP contribution in [0.1, 0.15) is 17.8 Å². The van der Waals surface area contributed by atoms with E-state index in [9.17, 15) is 4.79 Å². The largest absolute Gasteiger partial charge is 0.469 e. The number of pyridine rings is 1. The van der Waals surface area contributed by atoms with Crippen LogP contribution in [0.5, 0.6) is 0 Å². The maximum Gasteiger partial charge on any atom is 0.305 e. The van der Waals surface area contributed by atoms with Crippen LogP contribution in [0.25, 0.3) is 5.65 Å². The SMILES string of the molecule is COC(=O)CCc1nc2cc(C)ccn2n1. The molecule has 0 N–H and O–H groups in total. The van der Waals surface area contributed by atoms with Crippen molar-refractivity contribution in [2.45, 2.75) is 19.8 Å². The second-order valence-corrected chi connectivity index (χ2v) is 3.61. The summed E-state index contributed by atoms with van der Waals surface area (Å²) < 4.78 is 6.27. The summed E-state index contributed by atoms with van der Waals surface area (Å²) in [6.07, 6.45) is 2.68. The van der Waals surface area contributed by atoms with Crippen LogP contribution in [-0.4, -0.2) is 27.7 Å². The van der Waals surface area contributed by atoms with Gasteiger partial charge in [-0.15, -0.1) is 0 Å². The maximum absolute atomic E-state index is 11.0. The lowest BCUT2D eigenvalue weighted by molar-refractivity contribution is -0.140. The summed E-state index contributed by atoms with van der Waals surface area (Å²) in [5.41, 5.74) is 1.94. The minimum absolute atomic E-state index is 0.241. The Morgan fingerprint density at radius 1 is 1.56 bits per heavy atom. The number of fused-ring (bicyclic) bond motifs is 1. The van der Waals surface area contributed by atoms with Crippen molar-refractivity contribution in [1.82, 2.24) is 14.6 Å². The third kappa shape index (κ3) is 2.18. The van der Waals surface area contributed by atoms with Crippen molar-refractivity contribution in [3.8, 4) is 0 Å². The third-order valence-electron chi connectivity index (χ3n) is 2.32. The van der Waals surface area contributed by atoms with E-state index in [1.165, 1.54) is 7.11 Å². The maximum atomic E-state index is 11.0. The predicted molar refractivity (Wildman–Crippen MR) is 58.1 cm³/mol. The van der Waals surface area contributed by atoms with E-state index in [0.717, 1.165) is 11.2 Å². The Morgan fingerprint density at radius 2 is 2.38 bits per heavy atom. The second kappa shape index (κ2) is 4.30. The van der Waals surface area contributed by atoms with Gasteiger partial charge in [0.25, 0.3) is 0 Å². The molecule has 0 amide bonds. The van der Waals surface area contributed by atoms with E-state index in [4.69, 9.17) is 0 Å². The molecule has 5 heteroatoms. The van der Waals surface area contributed by atoms with Gasteiger partial charge in [0.15, 0.2) is 11.5 Å². The van der Waals surface area contributed by atoms with Crippen molar-refractivity contribution in [1.29, 1.82) is 0 Å². The van der Waals surface area contributed by atoms with Crippen LogP contribution in [0.4, 0.5) is 0 Å². The van der Waals surface area contributed by atoms with E-state index in [-0.39, 0.29) is 5.97 Å². The molecule has 2 heterocycles. The molecule has 2 aromatic rings. The number of aromatic nitrogens is 3. The van der Waals surface area contributed by atoms with Crippen molar-refractivity contribution >= 4 is 11.6 Å². The molecule has 0 aliphatic rings. The molecule has 0 aliphatic carbocycles. The third-order valence-corrected chi connectivity index (χ3v) is 2.32. The molecular weight excluding hydrogens is 206 g/mol. The number of ether oxygens (including phenoxy) is 1. The summed E-state index contributed by atoms with van der Waals surface area (Å²) in [6.45, 7) is 2.00. The minimum atomic E-state index is -0.241. The number of esters is 1. The normalized spacial score (nSPS) is 10.6. The van der Waals surface area contributed by atoms with E-state index in [1.54, 1.807) is 4.52 Å². The monoisotopic (exact) mass is 219 g/mol. The lowest BCUT2D eigenvalue weighted by Crippen LogP contribution is -2.02. The molecular formula is C11H13N3O2. The average Bonchev–Trinajstić information content (AvgIpc) is 2.67. The summed E-state index contributed by atoms with van der Waals surface area (Å²) in [7, 11) is 1.38. The molecule has 0 atom stereocenters. The first kappa shape index (κ1) is 10.6. The first-order valence-electron chi connectivity index (χ1n) is 5.08. The Morgan fingerprint density at radius 3 is 3.12 bits per heavy atom. The minimum Gasteiger partial charge on any atom is -0.469 e. The molecule has 5 nitrogen and oxygen atoms in total. The highest BCUT2D eigenvalue weighted by molar-refractivity contribution is 5.69. The van der Waals surface area contributed by atoms with Gasteiger partial charge in [0.2, 0.25) is 0 Å². The zero-order valence-electron chi connectivity index (χ0n) is 9.30. The topological polar surface area (TPSA) is 56.5 Å². The Kier molecular flexibility index (Phi) is 2.85. The van der Waals surface area contributed by atoms with Crippen LogP contribution in [0.3, 0.4) is 0 Å². The lowest BCUT2D eigenvalue weighted by atomic mass is 10.3. The number of carbonyl (C=O) groups is 1. The zero-order chi connectivity index (χ0) is 11.5. The van der Waals surface area contributed by atoms with Crippen molar-refractivity contribution in [3.63, 3.8) is 0 Å². The highest BCUT2D eigenvalue weighted by Crippen LogP contribution is 2.06. The fraction of sp³-hybridized carbons (Fsp3) is 0.364. The summed E-state index contributed by atoms with van der Waals surface area (Å²) in [5.74, 6) is 0.422. The van der Waals surface area contributed by atoms with E-state index in [1.807, 2.05) is 25.3 Å². The van der Waals surface area contributed by atoms with Gasteiger partial charge in [0, 0.05) is 12.6 Å². The average molecular weight is 219 g/mol. The fourth-order valence-corrected chi connectivity index (χ4v) is 1.45. The summed E-state index contributed by atoms with van der Waals surface area (Å²) in [6, 6.07) is 3.92. The van der Waals surface area contributed by atoms with Gasteiger partial charge in [0.1, 0.15) is 0 Å². The molecule has 0 saturated heterocycles. The molecule has 2 aromatic heterocycles. The van der Waals surface area contributed by atoms with Crippen LogP contribution in [0, 0.1) is 6.92 Å². The molecule has 0 radical (unpaired) electrons. The molecule has 0 aromatic carbocycles. The first-order chi connectivity index (χ1) is 7.69. The molecule has 0 aliphatic heterocycles. The summed E-state index contributed by atoms with van der Waals surface area (Å²) >= 11 is 0.